The minimum atomic E-state index is 0.560. The fourth-order valence-corrected chi connectivity index (χ4v) is 3.59. The Morgan fingerprint density at radius 1 is 1.20 bits per heavy atom. The summed E-state index contributed by atoms with van der Waals surface area (Å²) in [6, 6.07) is 16.5. The van der Waals surface area contributed by atoms with Gasteiger partial charge in [0.25, 0.3) is 0 Å². The Morgan fingerprint density at radius 2 is 1.88 bits per heavy atom. The number of aryl methyl sites for hydroxylation is 1. The summed E-state index contributed by atoms with van der Waals surface area (Å²) in [6.45, 7) is 8.42. The van der Waals surface area contributed by atoms with Crippen molar-refractivity contribution < 1.29 is 0 Å². The minimum absolute atomic E-state index is 0.560. The molecule has 0 atom stereocenters. The number of nitrogens with two attached hydrogens (primary N) is 1. The highest BCUT2D eigenvalue weighted by Gasteiger charge is 2.22. The molecule has 1 aliphatic heterocycles. The second kappa shape index (κ2) is 7.44. The maximum atomic E-state index is 8.92. The van der Waals surface area contributed by atoms with E-state index in [2.05, 4.69) is 48.7 Å². The lowest BCUT2D eigenvalue weighted by Crippen LogP contribution is -2.31. The molecule has 1 aliphatic rings. The third-order valence-corrected chi connectivity index (χ3v) is 5.25. The Hall–Kier alpha value is -2.73. The third-order valence-electron chi connectivity index (χ3n) is 5.25. The number of anilines is 1. The summed E-state index contributed by atoms with van der Waals surface area (Å²) >= 11 is 0. The molecular weight excluding hydrogens is 306 g/mol. The number of likely N-dealkylation sites (tertiary alicyclic amines) is 1. The van der Waals surface area contributed by atoms with Crippen LogP contribution in [0.2, 0.25) is 0 Å². The molecule has 2 aromatic carbocycles. The summed E-state index contributed by atoms with van der Waals surface area (Å²) < 4.78 is 0. The van der Waals surface area contributed by atoms with Crippen LogP contribution in [0.15, 0.2) is 49.0 Å². The van der Waals surface area contributed by atoms with Crippen molar-refractivity contribution in [1.82, 2.24) is 4.90 Å². The van der Waals surface area contributed by atoms with Gasteiger partial charge < -0.3 is 10.6 Å². The van der Waals surface area contributed by atoms with Crippen molar-refractivity contribution in [2.24, 2.45) is 0 Å². The average molecular weight is 331 g/mol. The van der Waals surface area contributed by atoms with E-state index in [0.717, 1.165) is 54.9 Å². The Labute approximate surface area is 150 Å². The van der Waals surface area contributed by atoms with Crippen LogP contribution in [-0.2, 0) is 6.42 Å². The lowest BCUT2D eigenvalue weighted by Gasteiger charge is -2.35. The van der Waals surface area contributed by atoms with E-state index in [1.165, 1.54) is 11.1 Å². The maximum Gasteiger partial charge on any atom is 0.0991 e. The molecule has 0 radical (unpaired) electrons. The second-order valence-electron chi connectivity index (χ2n) is 6.71. The smallest absolute Gasteiger partial charge is 0.0991 e. The zero-order valence-corrected chi connectivity index (χ0v) is 14.8. The van der Waals surface area contributed by atoms with Crippen molar-refractivity contribution in [3.8, 4) is 6.07 Å². The number of hydrogen-bond donors (Lipinski definition) is 1. The van der Waals surface area contributed by atoms with Gasteiger partial charge in [0.1, 0.15) is 0 Å². The van der Waals surface area contributed by atoms with E-state index in [9.17, 15) is 0 Å². The molecule has 3 rings (SSSR count). The molecule has 0 spiro atoms. The molecule has 128 valence electrons. The van der Waals surface area contributed by atoms with Crippen molar-refractivity contribution >= 4 is 11.4 Å². The molecule has 2 aromatic rings. The summed E-state index contributed by atoms with van der Waals surface area (Å²) in [5.41, 5.74) is 12.4. The summed E-state index contributed by atoms with van der Waals surface area (Å²) in [5.74, 6) is 0.560. The lowest BCUT2D eigenvalue weighted by molar-refractivity contribution is 0.299. The van der Waals surface area contributed by atoms with E-state index in [4.69, 9.17) is 11.0 Å². The summed E-state index contributed by atoms with van der Waals surface area (Å²) in [5, 5.41) is 8.92. The van der Waals surface area contributed by atoms with E-state index in [-0.39, 0.29) is 0 Å². The van der Waals surface area contributed by atoms with E-state index < -0.39 is 0 Å². The Kier molecular flexibility index (Phi) is 5.09. The highest BCUT2D eigenvalue weighted by Crippen LogP contribution is 2.32. The molecule has 3 nitrogen and oxygen atoms in total. The SMILES string of the molecule is C=C(c1ccc(CC)c(N)c1)N1CCC(c2ccc(C#N)cc2)CC1. The van der Waals surface area contributed by atoms with Crippen LogP contribution < -0.4 is 5.73 Å². The average Bonchev–Trinajstić information content (AvgIpc) is 2.67. The molecule has 0 amide bonds. The third kappa shape index (κ3) is 3.69. The van der Waals surface area contributed by atoms with E-state index >= 15 is 0 Å². The number of piperidine rings is 1. The first-order valence-electron chi connectivity index (χ1n) is 8.95. The Morgan fingerprint density at radius 3 is 2.44 bits per heavy atom. The number of benzene rings is 2. The molecule has 1 saturated heterocycles. The van der Waals surface area contributed by atoms with Gasteiger partial charge in [-0.05, 0) is 60.1 Å². The molecule has 2 N–H and O–H groups in total. The molecule has 3 heteroatoms. The molecule has 0 aromatic heterocycles. The number of hydrogen-bond acceptors (Lipinski definition) is 3. The van der Waals surface area contributed by atoms with Crippen LogP contribution in [0, 0.1) is 11.3 Å². The largest absolute Gasteiger partial charge is 0.398 e. The van der Waals surface area contributed by atoms with Gasteiger partial charge in [-0.2, -0.15) is 5.26 Å². The first-order chi connectivity index (χ1) is 12.1. The highest BCUT2D eigenvalue weighted by atomic mass is 15.1. The van der Waals surface area contributed by atoms with Crippen molar-refractivity contribution in [1.29, 1.82) is 5.26 Å². The normalized spacial score (nSPS) is 15.0. The van der Waals surface area contributed by atoms with Crippen LogP contribution in [-0.4, -0.2) is 18.0 Å². The predicted octanol–water partition coefficient (Wildman–Crippen LogP) is 4.55. The molecule has 1 heterocycles. The molecule has 0 saturated carbocycles. The number of rotatable bonds is 4. The van der Waals surface area contributed by atoms with Gasteiger partial charge in [-0.15, -0.1) is 0 Å². The highest BCUT2D eigenvalue weighted by molar-refractivity contribution is 5.67. The van der Waals surface area contributed by atoms with Gasteiger partial charge in [0.05, 0.1) is 11.6 Å². The van der Waals surface area contributed by atoms with Gasteiger partial charge in [0.2, 0.25) is 0 Å². The van der Waals surface area contributed by atoms with Gasteiger partial charge in [0.15, 0.2) is 0 Å². The van der Waals surface area contributed by atoms with Crippen LogP contribution in [0.3, 0.4) is 0 Å². The van der Waals surface area contributed by atoms with Gasteiger partial charge in [-0.3, -0.25) is 0 Å². The van der Waals surface area contributed by atoms with Gasteiger partial charge in [0, 0.05) is 24.5 Å². The van der Waals surface area contributed by atoms with E-state index in [1.807, 2.05) is 18.2 Å². The Bertz CT molecular complexity index is 791. The fourth-order valence-electron chi connectivity index (χ4n) is 3.59. The predicted molar refractivity (Wildman–Crippen MR) is 104 cm³/mol. The number of nitrogen functional groups attached to an aromatic ring is 1. The number of nitrogens with zero attached hydrogens (tertiary/aromatic N) is 2. The molecule has 25 heavy (non-hydrogen) atoms. The number of nitriles is 1. The monoisotopic (exact) mass is 331 g/mol. The zero-order valence-electron chi connectivity index (χ0n) is 14.8. The van der Waals surface area contributed by atoms with Gasteiger partial charge in [-0.25, -0.2) is 0 Å². The Balaban J connectivity index is 1.64. The standard InChI is InChI=1S/C22H25N3/c1-3-18-8-9-21(14-22(18)24)16(2)25-12-10-20(11-13-25)19-6-4-17(15-23)5-7-19/h4-9,14,20H,2-3,10-13,24H2,1H3. The fraction of sp³-hybridized carbons (Fsp3) is 0.318. The van der Waals surface area contributed by atoms with E-state index in [1.54, 1.807) is 0 Å². The molecule has 0 bridgehead atoms. The topological polar surface area (TPSA) is 53.0 Å². The summed E-state index contributed by atoms with van der Waals surface area (Å²) in [4.78, 5) is 2.36. The quantitative estimate of drug-likeness (QED) is 0.836. The molecule has 0 unspecified atom stereocenters. The van der Waals surface area contributed by atoms with Crippen LogP contribution >= 0.6 is 0 Å². The first kappa shape index (κ1) is 17.1. The van der Waals surface area contributed by atoms with Crippen LogP contribution in [0.25, 0.3) is 5.70 Å². The van der Waals surface area contributed by atoms with Crippen molar-refractivity contribution in [3.05, 3.63) is 71.3 Å². The first-order valence-corrected chi connectivity index (χ1v) is 8.95. The van der Waals surface area contributed by atoms with Crippen LogP contribution in [0.4, 0.5) is 5.69 Å². The van der Waals surface area contributed by atoms with E-state index in [0.29, 0.717) is 5.92 Å². The molecular formula is C22H25N3. The minimum Gasteiger partial charge on any atom is -0.398 e. The zero-order chi connectivity index (χ0) is 17.8. The van der Waals surface area contributed by atoms with Gasteiger partial charge in [-0.1, -0.05) is 37.8 Å². The van der Waals surface area contributed by atoms with Crippen molar-refractivity contribution in [2.45, 2.75) is 32.1 Å². The lowest BCUT2D eigenvalue weighted by atomic mass is 9.88. The van der Waals surface area contributed by atoms with Crippen LogP contribution in [0.5, 0.6) is 0 Å². The maximum absolute atomic E-state index is 8.92. The van der Waals surface area contributed by atoms with Crippen LogP contribution in [0.1, 0.15) is 47.9 Å². The van der Waals surface area contributed by atoms with Crippen molar-refractivity contribution in [3.63, 3.8) is 0 Å². The summed E-state index contributed by atoms with van der Waals surface area (Å²) in [7, 11) is 0. The second-order valence-corrected chi connectivity index (χ2v) is 6.71. The summed E-state index contributed by atoms with van der Waals surface area (Å²) in [6.07, 6.45) is 3.16. The molecule has 0 aliphatic carbocycles. The molecule has 1 fully saturated rings. The van der Waals surface area contributed by atoms with Gasteiger partial charge >= 0.3 is 0 Å². The van der Waals surface area contributed by atoms with Crippen molar-refractivity contribution in [2.75, 3.05) is 18.8 Å².